The summed E-state index contributed by atoms with van der Waals surface area (Å²) in [5, 5.41) is 3.87. The number of para-hydroxylation sites is 2. The van der Waals surface area contributed by atoms with Crippen molar-refractivity contribution in [3.8, 4) is 5.75 Å². The number of hydrogen-bond acceptors (Lipinski definition) is 5. The maximum Gasteiger partial charge on any atom is 0.336 e. The molecule has 1 N–H and O–H groups in total. The summed E-state index contributed by atoms with van der Waals surface area (Å²) in [6.07, 6.45) is 0. The lowest BCUT2D eigenvalue weighted by atomic mass is 10.0. The summed E-state index contributed by atoms with van der Waals surface area (Å²) in [5.41, 5.74) is 2.76. The molecule has 0 aliphatic carbocycles. The van der Waals surface area contributed by atoms with Crippen LogP contribution < -0.4 is 15.7 Å². The minimum atomic E-state index is -0.415. The second-order valence-electron chi connectivity index (χ2n) is 8.00. The molecule has 7 heteroatoms. The Bertz CT molecular complexity index is 1320. The molecule has 1 atom stereocenters. The number of imidazole rings is 1. The van der Waals surface area contributed by atoms with Crippen molar-refractivity contribution in [3.05, 3.63) is 70.3 Å². The van der Waals surface area contributed by atoms with Crippen LogP contribution in [0.25, 0.3) is 22.0 Å². The molecule has 0 spiro atoms. The van der Waals surface area contributed by atoms with Crippen LogP contribution in [0.15, 0.2) is 57.7 Å². The molecular weight excluding hydrogens is 394 g/mol. The van der Waals surface area contributed by atoms with E-state index in [1.54, 1.807) is 12.1 Å². The van der Waals surface area contributed by atoms with Crippen molar-refractivity contribution >= 4 is 27.9 Å². The van der Waals surface area contributed by atoms with Gasteiger partial charge in [-0.05, 0) is 42.7 Å². The number of nitrogens with one attached hydrogen (secondary N) is 1. The van der Waals surface area contributed by atoms with Crippen LogP contribution in [0, 0.1) is 12.8 Å². The quantitative estimate of drug-likeness (QED) is 0.479. The van der Waals surface area contributed by atoms with Gasteiger partial charge in [-0.15, -0.1) is 0 Å². The number of aromatic nitrogens is 2. The Morgan fingerprint density at radius 2 is 1.97 bits per heavy atom. The highest BCUT2D eigenvalue weighted by atomic mass is 16.5. The first-order valence-corrected chi connectivity index (χ1v) is 10.2. The second kappa shape index (κ2) is 8.26. The van der Waals surface area contributed by atoms with Gasteiger partial charge in [-0.1, -0.05) is 26.0 Å². The molecule has 4 aromatic rings. The number of aryl methyl sites for hydroxylation is 2. The maximum absolute atomic E-state index is 12.7. The third kappa shape index (κ3) is 4.17. The van der Waals surface area contributed by atoms with Crippen LogP contribution in [0.1, 0.15) is 31.3 Å². The largest absolute Gasteiger partial charge is 0.484 e. The summed E-state index contributed by atoms with van der Waals surface area (Å²) >= 11 is 0. The van der Waals surface area contributed by atoms with Gasteiger partial charge in [0.15, 0.2) is 6.61 Å². The average Bonchev–Trinajstić information content (AvgIpc) is 3.06. The van der Waals surface area contributed by atoms with E-state index in [2.05, 4.69) is 5.32 Å². The van der Waals surface area contributed by atoms with Crippen LogP contribution >= 0.6 is 0 Å². The molecule has 160 valence electrons. The molecule has 0 bridgehead atoms. The first-order chi connectivity index (χ1) is 14.8. The van der Waals surface area contributed by atoms with Gasteiger partial charge in [0.05, 0.1) is 17.1 Å². The first kappa shape index (κ1) is 20.7. The Balaban J connectivity index is 1.49. The van der Waals surface area contributed by atoms with E-state index in [-0.39, 0.29) is 24.5 Å². The zero-order chi connectivity index (χ0) is 22.1. The fraction of sp³-hybridized carbons (Fsp3) is 0.292. The number of nitrogens with zero attached hydrogens (tertiary/aromatic N) is 2. The van der Waals surface area contributed by atoms with Gasteiger partial charge >= 0.3 is 5.63 Å². The Hall–Kier alpha value is -3.61. The predicted octanol–water partition coefficient (Wildman–Crippen LogP) is 3.88. The number of carbonyl (C=O) groups excluding carboxylic acids is 1. The van der Waals surface area contributed by atoms with E-state index >= 15 is 0 Å². The van der Waals surface area contributed by atoms with E-state index in [9.17, 15) is 9.59 Å². The predicted molar refractivity (Wildman–Crippen MR) is 119 cm³/mol. The normalized spacial score (nSPS) is 12.4. The third-order valence-corrected chi connectivity index (χ3v) is 5.38. The zero-order valence-corrected chi connectivity index (χ0v) is 18.0. The van der Waals surface area contributed by atoms with E-state index in [0.29, 0.717) is 11.3 Å². The molecule has 0 saturated heterocycles. The number of ether oxygens (including phenoxy) is 1. The van der Waals surface area contributed by atoms with Gasteiger partial charge in [0, 0.05) is 24.6 Å². The molecule has 0 aliphatic heterocycles. The van der Waals surface area contributed by atoms with Crippen molar-refractivity contribution in [1.29, 1.82) is 0 Å². The standard InChI is InChI=1S/C24H25N3O4/c1-14(2)23(24-25-18-7-5-6-8-19(18)27(24)4)26-21(28)13-30-16-9-10-17-15(3)11-22(29)31-20(17)12-16/h5-12,14,23H,13H2,1-4H3,(H,26,28). The summed E-state index contributed by atoms with van der Waals surface area (Å²) in [6.45, 7) is 5.77. The number of amides is 1. The van der Waals surface area contributed by atoms with Gasteiger partial charge < -0.3 is 19.0 Å². The molecule has 0 aliphatic rings. The Labute approximate surface area is 179 Å². The summed E-state index contributed by atoms with van der Waals surface area (Å²) in [6, 6.07) is 14.3. The van der Waals surface area contributed by atoms with Gasteiger partial charge in [0.25, 0.3) is 5.91 Å². The highest BCUT2D eigenvalue weighted by molar-refractivity contribution is 5.82. The SMILES string of the molecule is Cc1cc(=O)oc2cc(OCC(=O)NC(c3nc4ccccc4n3C)C(C)C)ccc12. The van der Waals surface area contributed by atoms with Crippen LogP contribution in [0.2, 0.25) is 0 Å². The lowest BCUT2D eigenvalue weighted by molar-refractivity contribution is -0.124. The molecule has 2 aromatic carbocycles. The van der Waals surface area contributed by atoms with Crippen molar-refractivity contribution in [2.75, 3.05) is 6.61 Å². The molecule has 2 heterocycles. The van der Waals surface area contributed by atoms with Gasteiger partial charge in [-0.2, -0.15) is 0 Å². The van der Waals surface area contributed by atoms with E-state index in [0.717, 1.165) is 27.8 Å². The summed E-state index contributed by atoms with van der Waals surface area (Å²) in [4.78, 5) is 29.0. The summed E-state index contributed by atoms with van der Waals surface area (Å²) < 4.78 is 12.9. The third-order valence-electron chi connectivity index (χ3n) is 5.38. The topological polar surface area (TPSA) is 86.4 Å². The molecule has 0 fully saturated rings. The molecule has 31 heavy (non-hydrogen) atoms. The Morgan fingerprint density at radius 1 is 1.19 bits per heavy atom. The number of hydrogen-bond donors (Lipinski definition) is 1. The van der Waals surface area contributed by atoms with Gasteiger partial charge in [0.2, 0.25) is 0 Å². The van der Waals surface area contributed by atoms with Crippen LogP contribution in [0.5, 0.6) is 5.75 Å². The molecule has 4 rings (SSSR count). The molecule has 0 saturated carbocycles. The maximum atomic E-state index is 12.7. The average molecular weight is 419 g/mol. The second-order valence-corrected chi connectivity index (χ2v) is 8.00. The molecule has 1 amide bonds. The Morgan fingerprint density at radius 3 is 2.71 bits per heavy atom. The number of carbonyl (C=O) groups is 1. The van der Waals surface area contributed by atoms with E-state index < -0.39 is 5.63 Å². The van der Waals surface area contributed by atoms with Crippen LogP contribution in [-0.4, -0.2) is 22.1 Å². The number of benzene rings is 2. The van der Waals surface area contributed by atoms with Crippen LogP contribution in [0.4, 0.5) is 0 Å². The van der Waals surface area contributed by atoms with Crippen LogP contribution in [-0.2, 0) is 11.8 Å². The van der Waals surface area contributed by atoms with Crippen molar-refractivity contribution in [3.63, 3.8) is 0 Å². The fourth-order valence-electron chi connectivity index (χ4n) is 3.73. The smallest absolute Gasteiger partial charge is 0.336 e. The lowest BCUT2D eigenvalue weighted by Gasteiger charge is -2.22. The van der Waals surface area contributed by atoms with Crippen LogP contribution in [0.3, 0.4) is 0 Å². The number of rotatable bonds is 6. The summed E-state index contributed by atoms with van der Waals surface area (Å²) in [5.74, 6) is 1.14. The van der Waals surface area contributed by atoms with E-state index in [1.165, 1.54) is 6.07 Å². The first-order valence-electron chi connectivity index (χ1n) is 10.2. The highest BCUT2D eigenvalue weighted by Crippen LogP contribution is 2.25. The van der Waals surface area contributed by atoms with E-state index in [1.807, 2.05) is 62.7 Å². The molecule has 7 nitrogen and oxygen atoms in total. The van der Waals surface area contributed by atoms with Gasteiger partial charge in [0.1, 0.15) is 17.2 Å². The van der Waals surface area contributed by atoms with E-state index in [4.69, 9.17) is 14.1 Å². The van der Waals surface area contributed by atoms with Crippen molar-refractivity contribution in [2.45, 2.75) is 26.8 Å². The minimum Gasteiger partial charge on any atom is -0.484 e. The highest BCUT2D eigenvalue weighted by Gasteiger charge is 2.24. The Kier molecular flexibility index (Phi) is 5.50. The minimum absolute atomic E-state index is 0.136. The molecular formula is C24H25N3O4. The van der Waals surface area contributed by atoms with Gasteiger partial charge in [-0.3, -0.25) is 4.79 Å². The number of fused-ring (bicyclic) bond motifs is 2. The van der Waals surface area contributed by atoms with Crippen molar-refractivity contribution < 1.29 is 13.9 Å². The fourth-order valence-corrected chi connectivity index (χ4v) is 3.73. The van der Waals surface area contributed by atoms with Crippen molar-refractivity contribution in [2.24, 2.45) is 13.0 Å². The monoisotopic (exact) mass is 419 g/mol. The van der Waals surface area contributed by atoms with Gasteiger partial charge in [-0.25, -0.2) is 9.78 Å². The van der Waals surface area contributed by atoms with Crippen molar-refractivity contribution in [1.82, 2.24) is 14.9 Å². The molecule has 0 radical (unpaired) electrons. The molecule has 2 aromatic heterocycles. The zero-order valence-electron chi connectivity index (χ0n) is 18.0. The molecule has 1 unspecified atom stereocenters. The summed E-state index contributed by atoms with van der Waals surface area (Å²) in [7, 11) is 1.95. The lowest BCUT2D eigenvalue weighted by Crippen LogP contribution is -2.36.